The van der Waals surface area contributed by atoms with Crippen molar-refractivity contribution in [1.29, 1.82) is 0 Å². The molecule has 0 amide bonds. The average molecular weight is 240 g/mol. The van der Waals surface area contributed by atoms with E-state index in [2.05, 4.69) is 0 Å². The van der Waals surface area contributed by atoms with Gasteiger partial charge in [0.1, 0.15) is 24.1 Å². The highest BCUT2D eigenvalue weighted by Gasteiger charge is 2.43. The molecule has 0 saturated carbocycles. The fourth-order valence-corrected chi connectivity index (χ4v) is 1.74. The van der Waals surface area contributed by atoms with Crippen LogP contribution in [0, 0.1) is 0 Å². The van der Waals surface area contributed by atoms with Crippen LogP contribution in [0.1, 0.15) is 6.92 Å². The molecule has 1 aliphatic heterocycles. The van der Waals surface area contributed by atoms with E-state index < -0.39 is 30.7 Å². The Labute approximate surface area is 99.2 Å². The Morgan fingerprint density at radius 1 is 1.00 bits per heavy atom. The van der Waals surface area contributed by atoms with Crippen molar-refractivity contribution in [2.45, 2.75) is 37.6 Å². The van der Waals surface area contributed by atoms with Gasteiger partial charge in [-0.3, -0.25) is 0 Å². The van der Waals surface area contributed by atoms with Crippen molar-refractivity contribution in [2.75, 3.05) is 0 Å². The van der Waals surface area contributed by atoms with E-state index in [0.717, 1.165) is 0 Å². The predicted molar refractivity (Wildman–Crippen MR) is 59.4 cm³/mol. The minimum Gasteiger partial charge on any atom is -0.462 e. The van der Waals surface area contributed by atoms with Gasteiger partial charge in [0.15, 0.2) is 0 Å². The third kappa shape index (κ3) is 2.58. The summed E-state index contributed by atoms with van der Waals surface area (Å²) < 4.78 is 10.7. The molecule has 0 aliphatic carbocycles. The molecule has 0 unspecified atom stereocenters. The summed E-state index contributed by atoms with van der Waals surface area (Å²) in [5.41, 5.74) is 0. The van der Waals surface area contributed by atoms with Crippen molar-refractivity contribution < 1.29 is 24.8 Å². The second-order valence-electron chi connectivity index (χ2n) is 4.11. The molecule has 94 valence electrons. The molecule has 3 N–H and O–H groups in total. The minimum absolute atomic E-state index is 0.535. The van der Waals surface area contributed by atoms with Crippen LogP contribution in [0.2, 0.25) is 0 Å². The first-order valence-corrected chi connectivity index (χ1v) is 5.51. The second kappa shape index (κ2) is 5.01. The first-order valence-electron chi connectivity index (χ1n) is 5.51. The third-order valence-corrected chi connectivity index (χ3v) is 2.80. The molecule has 1 aliphatic rings. The van der Waals surface area contributed by atoms with Gasteiger partial charge >= 0.3 is 0 Å². The predicted octanol–water partition coefficient (Wildman–Crippen LogP) is -0.107. The zero-order valence-corrected chi connectivity index (χ0v) is 9.43. The molecule has 1 heterocycles. The second-order valence-corrected chi connectivity index (χ2v) is 4.11. The minimum atomic E-state index is -1.28. The van der Waals surface area contributed by atoms with Gasteiger partial charge in [-0.2, -0.15) is 0 Å². The fourth-order valence-electron chi connectivity index (χ4n) is 1.74. The van der Waals surface area contributed by atoms with E-state index in [9.17, 15) is 15.3 Å². The number of ether oxygens (including phenoxy) is 2. The zero-order valence-electron chi connectivity index (χ0n) is 9.43. The molecule has 0 bridgehead atoms. The summed E-state index contributed by atoms with van der Waals surface area (Å²) in [6.45, 7) is 1.61. The number of benzene rings is 1. The summed E-state index contributed by atoms with van der Waals surface area (Å²) in [5, 5.41) is 28.8. The number of rotatable bonds is 2. The molecule has 17 heavy (non-hydrogen) atoms. The Morgan fingerprint density at radius 3 is 2.29 bits per heavy atom. The molecule has 1 aromatic carbocycles. The van der Waals surface area contributed by atoms with Crippen LogP contribution in [0.3, 0.4) is 0 Å². The van der Waals surface area contributed by atoms with Crippen LogP contribution in [0.15, 0.2) is 30.3 Å². The van der Waals surface area contributed by atoms with E-state index in [1.807, 2.05) is 6.07 Å². The van der Waals surface area contributed by atoms with Crippen LogP contribution in [0.5, 0.6) is 5.75 Å². The standard InChI is InChI=1S/C12H16O5/c1-7-9(13)10(14)11(15)12(16-7)17-8-5-3-2-4-6-8/h2-7,9-15H,1H3/t7-,9+,10+,11-,12-/m0/s1. The SMILES string of the molecule is C[C@@H]1O[C@@H](Oc2ccccc2)[C@@H](O)[C@H](O)[C@@H]1O. The maximum Gasteiger partial charge on any atom is 0.229 e. The van der Waals surface area contributed by atoms with E-state index in [1.54, 1.807) is 31.2 Å². The largest absolute Gasteiger partial charge is 0.462 e. The van der Waals surface area contributed by atoms with Gasteiger partial charge in [-0.1, -0.05) is 18.2 Å². The molecule has 5 heteroatoms. The summed E-state index contributed by atoms with van der Waals surface area (Å²) >= 11 is 0. The molecule has 5 nitrogen and oxygen atoms in total. The summed E-state index contributed by atoms with van der Waals surface area (Å²) in [7, 11) is 0. The Morgan fingerprint density at radius 2 is 1.65 bits per heavy atom. The number of hydrogen-bond acceptors (Lipinski definition) is 5. The molecule has 1 saturated heterocycles. The lowest BCUT2D eigenvalue weighted by molar-refractivity contribution is -0.268. The van der Waals surface area contributed by atoms with Crippen molar-refractivity contribution in [3.8, 4) is 5.75 Å². The summed E-state index contributed by atoms with van der Waals surface area (Å²) in [6, 6.07) is 8.86. The van der Waals surface area contributed by atoms with Crippen molar-refractivity contribution in [3.05, 3.63) is 30.3 Å². The zero-order chi connectivity index (χ0) is 12.4. The maximum absolute atomic E-state index is 9.73. The molecule has 0 aromatic heterocycles. The molecule has 0 spiro atoms. The number of para-hydroxylation sites is 1. The summed E-state index contributed by atoms with van der Waals surface area (Å²) in [5.74, 6) is 0.535. The quantitative estimate of drug-likeness (QED) is 0.672. The smallest absolute Gasteiger partial charge is 0.229 e. The Bertz CT molecular complexity index is 355. The van der Waals surface area contributed by atoms with Gasteiger partial charge in [0.05, 0.1) is 6.10 Å². The lowest BCUT2D eigenvalue weighted by Crippen LogP contribution is -2.58. The summed E-state index contributed by atoms with van der Waals surface area (Å²) in [4.78, 5) is 0. The van der Waals surface area contributed by atoms with Crippen molar-refractivity contribution in [1.82, 2.24) is 0 Å². The van der Waals surface area contributed by atoms with Gasteiger partial charge < -0.3 is 24.8 Å². The normalized spacial score (nSPS) is 37.8. The molecule has 1 fully saturated rings. The van der Waals surface area contributed by atoms with Crippen molar-refractivity contribution in [2.24, 2.45) is 0 Å². The lowest BCUT2D eigenvalue weighted by Gasteiger charge is -2.38. The number of aliphatic hydroxyl groups excluding tert-OH is 3. The highest BCUT2D eigenvalue weighted by Crippen LogP contribution is 2.23. The first kappa shape index (κ1) is 12.3. The van der Waals surface area contributed by atoms with Crippen molar-refractivity contribution in [3.63, 3.8) is 0 Å². The highest BCUT2D eigenvalue weighted by atomic mass is 16.7. The average Bonchev–Trinajstić information content (AvgIpc) is 2.35. The molecule has 5 atom stereocenters. The Kier molecular flexibility index (Phi) is 3.63. The van der Waals surface area contributed by atoms with Gasteiger partial charge in [-0.05, 0) is 19.1 Å². The van der Waals surface area contributed by atoms with Gasteiger partial charge in [0, 0.05) is 0 Å². The molecular weight excluding hydrogens is 224 g/mol. The van der Waals surface area contributed by atoms with E-state index in [4.69, 9.17) is 9.47 Å². The van der Waals surface area contributed by atoms with Crippen LogP contribution in [0.25, 0.3) is 0 Å². The first-order chi connectivity index (χ1) is 8.09. The fraction of sp³-hybridized carbons (Fsp3) is 0.500. The lowest BCUT2D eigenvalue weighted by atomic mass is 10.00. The van der Waals surface area contributed by atoms with Gasteiger partial charge in [0.25, 0.3) is 0 Å². The molecule has 0 radical (unpaired) electrons. The van der Waals surface area contributed by atoms with Crippen LogP contribution in [-0.2, 0) is 4.74 Å². The highest BCUT2D eigenvalue weighted by molar-refractivity contribution is 5.21. The maximum atomic E-state index is 9.73. The van der Waals surface area contributed by atoms with Gasteiger partial charge in [-0.25, -0.2) is 0 Å². The Hall–Kier alpha value is -1.14. The van der Waals surface area contributed by atoms with Gasteiger partial charge in [0.2, 0.25) is 6.29 Å². The molecule has 2 rings (SSSR count). The van der Waals surface area contributed by atoms with E-state index in [0.29, 0.717) is 5.75 Å². The van der Waals surface area contributed by atoms with E-state index >= 15 is 0 Å². The number of hydrogen-bond donors (Lipinski definition) is 3. The van der Waals surface area contributed by atoms with Crippen LogP contribution in [-0.4, -0.2) is 46.0 Å². The Balaban J connectivity index is 2.06. The summed E-state index contributed by atoms with van der Waals surface area (Å²) in [6.07, 6.45) is -5.23. The van der Waals surface area contributed by atoms with Crippen molar-refractivity contribution >= 4 is 0 Å². The number of aliphatic hydroxyl groups is 3. The topological polar surface area (TPSA) is 79.2 Å². The van der Waals surface area contributed by atoms with E-state index in [1.165, 1.54) is 0 Å². The third-order valence-electron chi connectivity index (χ3n) is 2.80. The van der Waals surface area contributed by atoms with E-state index in [-0.39, 0.29) is 0 Å². The van der Waals surface area contributed by atoms with Crippen LogP contribution in [0.4, 0.5) is 0 Å². The molecule has 1 aromatic rings. The molecular formula is C12H16O5. The van der Waals surface area contributed by atoms with Crippen LogP contribution < -0.4 is 4.74 Å². The van der Waals surface area contributed by atoms with Gasteiger partial charge in [-0.15, -0.1) is 0 Å². The monoisotopic (exact) mass is 240 g/mol. The van der Waals surface area contributed by atoms with Crippen LogP contribution >= 0.6 is 0 Å².